The fourth-order valence-electron chi connectivity index (χ4n) is 2.87. The maximum Gasteiger partial charge on any atom is 0.231 e. The quantitative estimate of drug-likeness (QED) is 0.818. The Morgan fingerprint density at radius 3 is 2.88 bits per heavy atom. The lowest BCUT2D eigenvalue weighted by atomic mass is 9.89. The Labute approximate surface area is 149 Å². The van der Waals surface area contributed by atoms with E-state index in [-0.39, 0.29) is 18.2 Å². The summed E-state index contributed by atoms with van der Waals surface area (Å²) in [6, 6.07) is 11.2. The summed E-state index contributed by atoms with van der Waals surface area (Å²) in [5.74, 6) is -0.670. The maximum atomic E-state index is 13.1. The summed E-state index contributed by atoms with van der Waals surface area (Å²) in [6.07, 6.45) is 1.86. The normalized spacial score (nSPS) is 16.2. The van der Waals surface area contributed by atoms with Gasteiger partial charge in [-0.05, 0) is 23.8 Å². The van der Waals surface area contributed by atoms with Gasteiger partial charge in [-0.15, -0.1) is 17.9 Å². The zero-order valence-corrected chi connectivity index (χ0v) is 14.6. The molecule has 2 aromatic rings. The van der Waals surface area contributed by atoms with E-state index in [0.29, 0.717) is 23.1 Å². The molecule has 0 bridgehead atoms. The van der Waals surface area contributed by atoms with Gasteiger partial charge in [0.05, 0.1) is 16.8 Å². The number of fused-ring (bicyclic) bond motifs is 1. The molecular weight excluding hydrogens is 344 g/mol. The third-order valence-corrected chi connectivity index (χ3v) is 5.15. The van der Waals surface area contributed by atoms with Crippen molar-refractivity contribution in [2.24, 2.45) is 0 Å². The van der Waals surface area contributed by atoms with E-state index in [1.165, 1.54) is 11.3 Å². The number of carbonyl (C=O) groups excluding carboxylic acids is 2. The van der Waals surface area contributed by atoms with Crippen molar-refractivity contribution in [1.82, 2.24) is 4.90 Å². The van der Waals surface area contributed by atoms with Crippen molar-refractivity contribution in [2.45, 2.75) is 18.9 Å². The number of nitrogens with zero attached hydrogens (tertiary/aromatic N) is 1. The predicted molar refractivity (Wildman–Crippen MR) is 97.4 cm³/mol. The number of hydrogen-bond donors (Lipinski definition) is 1. The zero-order valence-electron chi connectivity index (χ0n) is 13.0. The second kappa shape index (κ2) is 7.20. The summed E-state index contributed by atoms with van der Waals surface area (Å²) in [4.78, 5) is 27.8. The zero-order chi connectivity index (χ0) is 17.1. The van der Waals surface area contributed by atoms with Crippen molar-refractivity contribution in [1.29, 1.82) is 0 Å². The minimum atomic E-state index is -0.467. The molecule has 6 heteroatoms. The van der Waals surface area contributed by atoms with Gasteiger partial charge < -0.3 is 10.2 Å². The van der Waals surface area contributed by atoms with Gasteiger partial charge in [0.25, 0.3) is 0 Å². The van der Waals surface area contributed by atoms with E-state index >= 15 is 0 Å². The van der Waals surface area contributed by atoms with Gasteiger partial charge in [0.15, 0.2) is 0 Å². The molecule has 1 unspecified atom stereocenters. The SMILES string of the molecule is C=CCN(Cc1ccc(Cl)s1)C(=O)C1CC(=O)Nc2ccccc21. The van der Waals surface area contributed by atoms with E-state index in [9.17, 15) is 9.59 Å². The van der Waals surface area contributed by atoms with Crippen LogP contribution in [0.25, 0.3) is 0 Å². The smallest absolute Gasteiger partial charge is 0.231 e. The minimum Gasteiger partial charge on any atom is -0.333 e. The molecule has 4 nitrogen and oxygen atoms in total. The first-order valence-electron chi connectivity index (χ1n) is 7.61. The molecule has 0 radical (unpaired) electrons. The summed E-state index contributed by atoms with van der Waals surface area (Å²) in [5.41, 5.74) is 1.57. The van der Waals surface area contributed by atoms with Gasteiger partial charge >= 0.3 is 0 Å². The standard InChI is InChI=1S/C18H17ClN2O2S/c1-2-9-21(11-12-7-8-16(19)24-12)18(23)14-10-17(22)20-15-6-4-3-5-13(14)15/h2-8,14H,1,9-11H2,(H,20,22). The number of carbonyl (C=O) groups is 2. The molecule has 24 heavy (non-hydrogen) atoms. The number of para-hydroxylation sites is 1. The number of anilines is 1. The molecule has 0 saturated carbocycles. The van der Waals surface area contributed by atoms with E-state index < -0.39 is 5.92 Å². The summed E-state index contributed by atoms with van der Waals surface area (Å²) < 4.78 is 0.693. The Hall–Kier alpha value is -2.11. The van der Waals surface area contributed by atoms with E-state index in [2.05, 4.69) is 11.9 Å². The van der Waals surface area contributed by atoms with Crippen molar-refractivity contribution < 1.29 is 9.59 Å². The summed E-state index contributed by atoms with van der Waals surface area (Å²) in [6.45, 7) is 4.62. The molecule has 1 aliphatic rings. The van der Waals surface area contributed by atoms with Gasteiger partial charge in [0.1, 0.15) is 0 Å². The van der Waals surface area contributed by atoms with Gasteiger partial charge in [-0.1, -0.05) is 35.9 Å². The molecule has 2 amide bonds. The lowest BCUT2D eigenvalue weighted by Gasteiger charge is -2.30. The predicted octanol–water partition coefficient (Wildman–Crippen LogP) is 4.04. The molecule has 3 rings (SSSR count). The van der Waals surface area contributed by atoms with Crippen LogP contribution in [-0.2, 0) is 16.1 Å². The molecule has 1 aromatic heterocycles. The highest BCUT2D eigenvalue weighted by atomic mass is 35.5. The van der Waals surface area contributed by atoms with Crippen LogP contribution >= 0.6 is 22.9 Å². The number of hydrogen-bond acceptors (Lipinski definition) is 3. The van der Waals surface area contributed by atoms with Crippen LogP contribution in [0.2, 0.25) is 4.34 Å². The summed E-state index contributed by atoms with van der Waals surface area (Å²) in [7, 11) is 0. The van der Waals surface area contributed by atoms with Crippen molar-refractivity contribution in [3.8, 4) is 0 Å². The van der Waals surface area contributed by atoms with Crippen molar-refractivity contribution in [2.75, 3.05) is 11.9 Å². The molecule has 124 valence electrons. The second-order valence-corrected chi connectivity index (χ2v) is 7.41. The molecule has 1 atom stereocenters. The van der Waals surface area contributed by atoms with Crippen LogP contribution < -0.4 is 5.32 Å². The Morgan fingerprint density at radius 2 is 2.17 bits per heavy atom. The number of halogens is 1. The number of benzene rings is 1. The molecule has 0 saturated heterocycles. The molecular formula is C18H17ClN2O2S. The second-order valence-electron chi connectivity index (χ2n) is 5.61. The molecule has 1 N–H and O–H groups in total. The highest BCUT2D eigenvalue weighted by Crippen LogP contribution is 2.34. The lowest BCUT2D eigenvalue weighted by molar-refractivity contribution is -0.135. The molecule has 0 fully saturated rings. The third-order valence-electron chi connectivity index (χ3n) is 3.93. The molecule has 2 heterocycles. The van der Waals surface area contributed by atoms with Crippen molar-refractivity contribution in [3.63, 3.8) is 0 Å². The average molecular weight is 361 g/mol. The first kappa shape index (κ1) is 16.7. The molecule has 1 aliphatic heterocycles. The molecule has 0 spiro atoms. The number of rotatable bonds is 5. The minimum absolute atomic E-state index is 0.0678. The molecule has 0 aliphatic carbocycles. The summed E-state index contributed by atoms with van der Waals surface area (Å²) in [5, 5.41) is 2.82. The first-order valence-corrected chi connectivity index (χ1v) is 8.80. The average Bonchev–Trinajstić information content (AvgIpc) is 2.98. The number of nitrogens with one attached hydrogen (secondary N) is 1. The van der Waals surface area contributed by atoms with Crippen LogP contribution in [0.4, 0.5) is 5.69 Å². The van der Waals surface area contributed by atoms with Gasteiger partial charge in [0.2, 0.25) is 11.8 Å². The Bertz CT molecular complexity index is 787. The third kappa shape index (κ3) is 3.52. The van der Waals surface area contributed by atoms with Crippen molar-refractivity contribution >= 4 is 40.4 Å². The highest BCUT2D eigenvalue weighted by Gasteiger charge is 2.33. The van der Waals surface area contributed by atoms with E-state index in [1.807, 2.05) is 36.4 Å². The summed E-state index contributed by atoms with van der Waals surface area (Å²) >= 11 is 7.43. The van der Waals surface area contributed by atoms with Crippen LogP contribution in [0.5, 0.6) is 0 Å². The topological polar surface area (TPSA) is 49.4 Å². The van der Waals surface area contributed by atoms with Crippen LogP contribution in [0, 0.1) is 0 Å². The lowest BCUT2D eigenvalue weighted by Crippen LogP contribution is -2.38. The van der Waals surface area contributed by atoms with Crippen LogP contribution in [-0.4, -0.2) is 23.3 Å². The fourth-order valence-corrected chi connectivity index (χ4v) is 3.97. The van der Waals surface area contributed by atoms with Gasteiger partial charge in [0, 0.05) is 23.5 Å². The van der Waals surface area contributed by atoms with Crippen LogP contribution in [0.3, 0.4) is 0 Å². The monoisotopic (exact) mass is 360 g/mol. The van der Waals surface area contributed by atoms with E-state index in [4.69, 9.17) is 11.6 Å². The number of thiophene rings is 1. The van der Waals surface area contributed by atoms with E-state index in [0.717, 1.165) is 10.4 Å². The van der Waals surface area contributed by atoms with Gasteiger partial charge in [-0.2, -0.15) is 0 Å². The van der Waals surface area contributed by atoms with E-state index in [1.54, 1.807) is 11.0 Å². The fraction of sp³-hybridized carbons (Fsp3) is 0.222. The van der Waals surface area contributed by atoms with Gasteiger partial charge in [-0.25, -0.2) is 0 Å². The van der Waals surface area contributed by atoms with Gasteiger partial charge in [-0.3, -0.25) is 9.59 Å². The number of amides is 2. The van der Waals surface area contributed by atoms with Crippen molar-refractivity contribution in [3.05, 3.63) is 63.8 Å². The molecule has 1 aromatic carbocycles. The maximum absolute atomic E-state index is 13.1. The Balaban J connectivity index is 1.87. The van der Waals surface area contributed by atoms with Crippen LogP contribution in [0.15, 0.2) is 49.1 Å². The van der Waals surface area contributed by atoms with Crippen LogP contribution in [0.1, 0.15) is 22.8 Å². The first-order chi connectivity index (χ1) is 11.6. The highest BCUT2D eigenvalue weighted by molar-refractivity contribution is 7.16. The Kier molecular flexibility index (Phi) is 5.02. The Morgan fingerprint density at radius 1 is 1.38 bits per heavy atom. The largest absolute Gasteiger partial charge is 0.333 e.